The zero-order chi connectivity index (χ0) is 13.2. The number of rotatable bonds is 3. The van der Waals surface area contributed by atoms with Gasteiger partial charge >= 0.3 is 13.0 Å². The number of benzene rings is 1. The zero-order valence-electron chi connectivity index (χ0n) is 7.69. The molecule has 96 valence electrons. The molecule has 0 saturated carbocycles. The third kappa shape index (κ3) is 4.66. The van der Waals surface area contributed by atoms with Gasteiger partial charge < -0.3 is 9.47 Å². The number of ether oxygens (including phenoxy) is 2. The molecule has 0 radical (unpaired) electrons. The maximum atomic E-state index is 12.0. The fraction of sp³-hybridized carbons (Fsp3) is 0.250. The molecular weight excluding hydrogens is 383 g/mol. The van der Waals surface area contributed by atoms with Crippen molar-refractivity contribution in [3.63, 3.8) is 0 Å². The van der Waals surface area contributed by atoms with Crippen LogP contribution in [0.5, 0.6) is 11.5 Å². The minimum Gasteiger partial charge on any atom is -0.433 e. The van der Waals surface area contributed by atoms with Crippen molar-refractivity contribution >= 4 is 31.9 Å². The second-order valence-corrected chi connectivity index (χ2v) is 4.35. The Morgan fingerprint density at radius 2 is 1.53 bits per heavy atom. The van der Waals surface area contributed by atoms with Crippen molar-refractivity contribution in [2.75, 3.05) is 0 Å². The molecule has 0 fully saturated rings. The Hall–Kier alpha value is -0.570. The molecule has 0 aromatic heterocycles. The molecule has 0 bridgehead atoms. The van der Waals surface area contributed by atoms with E-state index < -0.39 is 24.5 Å². The van der Waals surface area contributed by atoms with Crippen LogP contribution in [0.3, 0.4) is 0 Å². The minimum absolute atomic E-state index is 0.0525. The number of hydrogen-bond donors (Lipinski definition) is 0. The van der Waals surface area contributed by atoms with Crippen LogP contribution in [0.2, 0.25) is 0 Å². The molecular formula is C8H3Br2F5O2. The summed E-state index contributed by atoms with van der Waals surface area (Å²) in [7, 11) is 0. The van der Waals surface area contributed by atoms with Gasteiger partial charge in [-0.05, 0) is 37.9 Å². The van der Waals surface area contributed by atoms with Crippen molar-refractivity contribution in [3.05, 3.63) is 21.1 Å². The van der Waals surface area contributed by atoms with E-state index in [0.717, 1.165) is 6.07 Å². The smallest absolute Gasteiger partial charge is 0.433 e. The van der Waals surface area contributed by atoms with E-state index in [4.69, 9.17) is 0 Å². The third-order valence-electron chi connectivity index (χ3n) is 1.43. The Bertz CT molecular complexity index is 408. The highest BCUT2D eigenvalue weighted by Gasteiger charge is 2.32. The molecule has 0 saturated heterocycles. The summed E-state index contributed by atoms with van der Waals surface area (Å²) in [6.07, 6.45) is -4.92. The van der Waals surface area contributed by atoms with Crippen molar-refractivity contribution in [3.8, 4) is 11.5 Å². The third-order valence-corrected chi connectivity index (χ3v) is 2.67. The van der Waals surface area contributed by atoms with Gasteiger partial charge in [-0.2, -0.15) is 8.78 Å². The van der Waals surface area contributed by atoms with Gasteiger partial charge in [-0.1, -0.05) is 0 Å². The van der Waals surface area contributed by atoms with E-state index in [9.17, 15) is 22.0 Å². The van der Waals surface area contributed by atoms with E-state index in [2.05, 4.69) is 41.3 Å². The molecule has 0 spiro atoms. The summed E-state index contributed by atoms with van der Waals surface area (Å²) in [6.45, 7) is -3.15. The normalized spacial score (nSPS) is 11.8. The van der Waals surface area contributed by atoms with Crippen LogP contribution in [-0.4, -0.2) is 13.0 Å². The summed E-state index contributed by atoms with van der Waals surface area (Å²) in [6, 6.07) is 1.81. The van der Waals surface area contributed by atoms with Gasteiger partial charge in [-0.3, -0.25) is 0 Å². The quantitative estimate of drug-likeness (QED) is 0.701. The van der Waals surface area contributed by atoms with Crippen LogP contribution >= 0.6 is 31.9 Å². The van der Waals surface area contributed by atoms with Crippen molar-refractivity contribution in [1.82, 2.24) is 0 Å². The van der Waals surface area contributed by atoms with Crippen LogP contribution < -0.4 is 9.47 Å². The highest BCUT2D eigenvalue weighted by molar-refractivity contribution is 9.11. The van der Waals surface area contributed by atoms with Crippen LogP contribution in [0.15, 0.2) is 21.1 Å². The molecule has 0 amide bonds. The van der Waals surface area contributed by atoms with Crippen LogP contribution in [0.4, 0.5) is 22.0 Å². The highest BCUT2D eigenvalue weighted by Crippen LogP contribution is 2.39. The van der Waals surface area contributed by atoms with Crippen LogP contribution in [0, 0.1) is 0 Å². The summed E-state index contributed by atoms with van der Waals surface area (Å²) < 4.78 is 67.5. The van der Waals surface area contributed by atoms with E-state index in [-0.39, 0.29) is 8.95 Å². The first-order valence-corrected chi connectivity index (χ1v) is 5.47. The van der Waals surface area contributed by atoms with Gasteiger partial charge in [0.1, 0.15) is 11.5 Å². The minimum atomic E-state index is -4.92. The second-order valence-electron chi connectivity index (χ2n) is 2.64. The number of hydrogen-bond acceptors (Lipinski definition) is 2. The SMILES string of the molecule is FC(F)Oc1cc(OC(F)(F)F)c(Br)cc1Br. The lowest BCUT2D eigenvalue weighted by molar-refractivity contribution is -0.274. The molecule has 1 aromatic rings. The molecule has 9 heteroatoms. The van der Waals surface area contributed by atoms with Gasteiger partial charge in [0.15, 0.2) is 0 Å². The van der Waals surface area contributed by atoms with Gasteiger partial charge in [0.2, 0.25) is 0 Å². The predicted molar refractivity (Wildman–Crippen MR) is 55.2 cm³/mol. The van der Waals surface area contributed by atoms with E-state index in [1.54, 1.807) is 0 Å². The Morgan fingerprint density at radius 3 is 2.00 bits per heavy atom. The summed E-state index contributed by atoms with van der Waals surface area (Å²) in [5.41, 5.74) is 0. The van der Waals surface area contributed by atoms with E-state index >= 15 is 0 Å². The van der Waals surface area contributed by atoms with Crippen LogP contribution in [-0.2, 0) is 0 Å². The predicted octanol–water partition coefficient (Wildman–Crippen LogP) is 4.71. The first-order valence-electron chi connectivity index (χ1n) is 3.88. The number of halogens is 7. The van der Waals surface area contributed by atoms with Gasteiger partial charge in [-0.25, -0.2) is 0 Å². The maximum absolute atomic E-state index is 12.0. The van der Waals surface area contributed by atoms with Crippen molar-refractivity contribution in [2.24, 2.45) is 0 Å². The van der Waals surface area contributed by atoms with Gasteiger partial charge in [0.05, 0.1) is 8.95 Å². The molecule has 0 N–H and O–H groups in total. The van der Waals surface area contributed by atoms with Gasteiger partial charge in [0, 0.05) is 6.07 Å². The summed E-state index contributed by atoms with van der Waals surface area (Å²) in [4.78, 5) is 0. The lowest BCUT2D eigenvalue weighted by Gasteiger charge is -2.13. The zero-order valence-corrected chi connectivity index (χ0v) is 10.9. The summed E-state index contributed by atoms with van der Waals surface area (Å²) >= 11 is 5.67. The van der Waals surface area contributed by atoms with Gasteiger partial charge in [-0.15, -0.1) is 13.2 Å². The molecule has 1 rings (SSSR count). The Balaban J connectivity index is 3.06. The molecule has 0 unspecified atom stereocenters. The molecule has 0 aliphatic heterocycles. The first-order chi connectivity index (χ1) is 7.69. The average molecular weight is 386 g/mol. The molecule has 17 heavy (non-hydrogen) atoms. The lowest BCUT2D eigenvalue weighted by Crippen LogP contribution is -2.17. The van der Waals surface area contributed by atoms with E-state index in [1.807, 2.05) is 0 Å². The standard InChI is InChI=1S/C8H3Br2F5O2/c9-3-1-4(10)6(17-8(13,14)15)2-5(3)16-7(11)12/h1-2,7H. The Labute approximate surface area is 109 Å². The van der Waals surface area contributed by atoms with Gasteiger partial charge in [0.25, 0.3) is 0 Å². The molecule has 0 heterocycles. The summed E-state index contributed by atoms with van der Waals surface area (Å²) in [5, 5.41) is 0. The molecule has 0 atom stereocenters. The second kappa shape index (κ2) is 5.38. The topological polar surface area (TPSA) is 18.5 Å². The molecule has 0 aliphatic rings. The first kappa shape index (κ1) is 14.5. The van der Waals surface area contributed by atoms with E-state index in [1.165, 1.54) is 0 Å². The van der Waals surface area contributed by atoms with Crippen molar-refractivity contribution in [2.45, 2.75) is 13.0 Å². The fourth-order valence-electron chi connectivity index (χ4n) is 0.900. The maximum Gasteiger partial charge on any atom is 0.573 e. The highest BCUT2D eigenvalue weighted by atomic mass is 79.9. The molecule has 2 nitrogen and oxygen atoms in total. The Kier molecular flexibility index (Phi) is 4.59. The number of alkyl halides is 5. The molecule has 1 aromatic carbocycles. The summed E-state index contributed by atoms with van der Waals surface area (Å²) in [5.74, 6) is -1.13. The molecule has 0 aliphatic carbocycles. The largest absolute Gasteiger partial charge is 0.573 e. The average Bonchev–Trinajstić information content (AvgIpc) is 2.10. The van der Waals surface area contributed by atoms with E-state index in [0.29, 0.717) is 6.07 Å². The Morgan fingerprint density at radius 1 is 1.00 bits per heavy atom. The van der Waals surface area contributed by atoms with Crippen LogP contribution in [0.25, 0.3) is 0 Å². The fourth-order valence-corrected chi connectivity index (χ4v) is 2.07. The monoisotopic (exact) mass is 384 g/mol. The van der Waals surface area contributed by atoms with Crippen molar-refractivity contribution < 1.29 is 31.4 Å². The van der Waals surface area contributed by atoms with Crippen molar-refractivity contribution in [1.29, 1.82) is 0 Å². The van der Waals surface area contributed by atoms with Crippen LogP contribution in [0.1, 0.15) is 0 Å². The lowest BCUT2D eigenvalue weighted by atomic mass is 10.3.